The summed E-state index contributed by atoms with van der Waals surface area (Å²) in [4.78, 5) is 10.9. The van der Waals surface area contributed by atoms with E-state index >= 15 is 0 Å². The summed E-state index contributed by atoms with van der Waals surface area (Å²) in [6.07, 6.45) is -5.68. The van der Waals surface area contributed by atoms with Crippen LogP contribution < -0.4 is 0 Å². The van der Waals surface area contributed by atoms with E-state index in [1.165, 1.54) is 0 Å². The number of ketones is 1. The topological polar surface area (TPSA) is 17.1 Å². The van der Waals surface area contributed by atoms with Crippen LogP contribution in [-0.2, 0) is 10.2 Å². The smallest absolute Gasteiger partial charge is 0.290 e. The molecular formula is C12H8F6O. The van der Waals surface area contributed by atoms with Gasteiger partial charge in [-0.1, -0.05) is 6.07 Å². The number of hydrogen-bond acceptors (Lipinski definition) is 1. The lowest BCUT2D eigenvalue weighted by atomic mass is 9.89. The Hall–Kier alpha value is -1.53. The number of halogens is 6. The Bertz CT molecular complexity index is 530. The Balaban J connectivity index is 2.32. The number of carbonyl (C=O) groups excluding carboxylic acids is 1. The van der Waals surface area contributed by atoms with Crippen LogP contribution in [0.5, 0.6) is 0 Å². The second-order valence-electron chi connectivity index (χ2n) is 4.60. The highest BCUT2D eigenvalue weighted by atomic mass is 19.4. The van der Waals surface area contributed by atoms with Crippen LogP contribution in [0, 0.1) is 17.5 Å². The predicted molar refractivity (Wildman–Crippen MR) is 52.9 cm³/mol. The molecule has 0 saturated heterocycles. The first kappa shape index (κ1) is 13.9. The second-order valence-corrected chi connectivity index (χ2v) is 4.60. The van der Waals surface area contributed by atoms with E-state index in [0.29, 0.717) is 6.07 Å². The van der Waals surface area contributed by atoms with Gasteiger partial charge in [-0.2, -0.15) is 13.2 Å². The van der Waals surface area contributed by atoms with Crippen molar-refractivity contribution in [3.05, 3.63) is 35.1 Å². The van der Waals surface area contributed by atoms with Gasteiger partial charge in [0.25, 0.3) is 0 Å². The van der Waals surface area contributed by atoms with Crippen molar-refractivity contribution in [2.24, 2.45) is 0 Å². The van der Waals surface area contributed by atoms with Gasteiger partial charge in [-0.05, 0) is 24.5 Å². The van der Waals surface area contributed by atoms with Gasteiger partial charge in [-0.15, -0.1) is 0 Å². The van der Waals surface area contributed by atoms with Gasteiger partial charge in [0.2, 0.25) is 5.78 Å². The molecule has 0 aliphatic heterocycles. The zero-order valence-corrected chi connectivity index (χ0v) is 9.45. The van der Waals surface area contributed by atoms with Crippen molar-refractivity contribution in [1.82, 2.24) is 0 Å². The molecule has 0 spiro atoms. The Morgan fingerprint density at radius 1 is 1.11 bits per heavy atom. The maximum Gasteiger partial charge on any atom is 0.450 e. The fourth-order valence-electron chi connectivity index (χ4n) is 2.04. The Morgan fingerprint density at radius 3 is 2.16 bits per heavy atom. The number of carbonyl (C=O) groups is 1. The largest absolute Gasteiger partial charge is 0.450 e. The number of rotatable bonds is 3. The molecule has 1 aromatic carbocycles. The van der Waals surface area contributed by atoms with Gasteiger partial charge in [0, 0.05) is 11.8 Å². The first-order valence-electron chi connectivity index (χ1n) is 5.41. The highest BCUT2D eigenvalue weighted by molar-refractivity contribution is 5.85. The standard InChI is InChI=1S/C12H8F6O/c13-7-2-1-6(9(14)10(7)15)11(3-4-11)5-8(19)12(16,17)18/h1-2H,3-5H2. The molecule has 1 aromatic rings. The summed E-state index contributed by atoms with van der Waals surface area (Å²) in [5, 5.41) is 0. The van der Waals surface area contributed by atoms with Gasteiger partial charge in [0.05, 0.1) is 0 Å². The van der Waals surface area contributed by atoms with Gasteiger partial charge in [-0.25, -0.2) is 13.2 Å². The molecule has 0 bridgehead atoms. The van der Waals surface area contributed by atoms with E-state index in [2.05, 4.69) is 0 Å². The summed E-state index contributed by atoms with van der Waals surface area (Å²) in [6, 6.07) is 1.54. The summed E-state index contributed by atoms with van der Waals surface area (Å²) >= 11 is 0. The molecule has 7 heteroatoms. The van der Waals surface area contributed by atoms with E-state index in [0.717, 1.165) is 6.07 Å². The minimum atomic E-state index is -5.01. The van der Waals surface area contributed by atoms with E-state index in [-0.39, 0.29) is 18.4 Å². The second kappa shape index (κ2) is 4.25. The maximum atomic E-state index is 13.5. The molecule has 1 saturated carbocycles. The first-order valence-corrected chi connectivity index (χ1v) is 5.41. The first-order chi connectivity index (χ1) is 8.67. The van der Waals surface area contributed by atoms with Crippen LogP contribution >= 0.6 is 0 Å². The van der Waals surface area contributed by atoms with Crippen LogP contribution in [0.1, 0.15) is 24.8 Å². The minimum Gasteiger partial charge on any atom is -0.290 e. The summed E-state index contributed by atoms with van der Waals surface area (Å²) in [7, 11) is 0. The normalized spacial score (nSPS) is 17.4. The van der Waals surface area contributed by atoms with Crippen LogP contribution in [0.4, 0.5) is 26.3 Å². The minimum absolute atomic E-state index is 0.136. The van der Waals surface area contributed by atoms with Crippen molar-refractivity contribution in [3.8, 4) is 0 Å². The molecule has 1 fully saturated rings. The van der Waals surface area contributed by atoms with Gasteiger partial charge in [-0.3, -0.25) is 4.79 Å². The van der Waals surface area contributed by atoms with Gasteiger partial charge >= 0.3 is 6.18 Å². The molecule has 0 amide bonds. The molecule has 0 unspecified atom stereocenters. The Labute approximate surface area is 104 Å². The molecular weight excluding hydrogens is 274 g/mol. The van der Waals surface area contributed by atoms with Crippen molar-refractivity contribution in [2.75, 3.05) is 0 Å². The lowest BCUT2D eigenvalue weighted by Crippen LogP contribution is -2.27. The average molecular weight is 282 g/mol. The maximum absolute atomic E-state index is 13.5. The van der Waals surface area contributed by atoms with Gasteiger partial charge in [0.1, 0.15) is 0 Å². The van der Waals surface area contributed by atoms with Crippen molar-refractivity contribution in [3.63, 3.8) is 0 Å². The number of alkyl halides is 3. The molecule has 1 aliphatic carbocycles. The molecule has 2 rings (SSSR count). The van der Waals surface area contributed by atoms with Crippen LogP contribution in [0.15, 0.2) is 12.1 Å². The Morgan fingerprint density at radius 2 is 1.68 bits per heavy atom. The third-order valence-corrected chi connectivity index (χ3v) is 3.28. The fourth-order valence-corrected chi connectivity index (χ4v) is 2.04. The third kappa shape index (κ3) is 2.46. The number of Topliss-reactive ketones (excluding diaryl/α,β-unsaturated/α-hetero) is 1. The van der Waals surface area contributed by atoms with E-state index in [4.69, 9.17) is 0 Å². The van der Waals surface area contributed by atoms with Crippen LogP contribution in [-0.4, -0.2) is 12.0 Å². The van der Waals surface area contributed by atoms with Crippen molar-refractivity contribution in [1.29, 1.82) is 0 Å². The molecule has 1 aliphatic rings. The molecule has 19 heavy (non-hydrogen) atoms. The average Bonchev–Trinajstić information content (AvgIpc) is 3.05. The highest BCUT2D eigenvalue weighted by Gasteiger charge is 2.52. The zero-order valence-electron chi connectivity index (χ0n) is 9.45. The quantitative estimate of drug-likeness (QED) is 0.611. The molecule has 0 heterocycles. The van der Waals surface area contributed by atoms with Gasteiger partial charge < -0.3 is 0 Å². The van der Waals surface area contributed by atoms with E-state index in [1.54, 1.807) is 0 Å². The van der Waals surface area contributed by atoms with Crippen molar-refractivity contribution < 1.29 is 31.1 Å². The molecule has 104 valence electrons. The van der Waals surface area contributed by atoms with E-state index in [1.807, 2.05) is 0 Å². The van der Waals surface area contributed by atoms with Crippen molar-refractivity contribution in [2.45, 2.75) is 30.9 Å². The zero-order chi connectivity index (χ0) is 14.4. The van der Waals surface area contributed by atoms with Crippen molar-refractivity contribution >= 4 is 5.78 Å². The molecule has 0 N–H and O–H groups in total. The summed E-state index contributed by atoms with van der Waals surface area (Å²) in [5.41, 5.74) is -1.73. The summed E-state index contributed by atoms with van der Waals surface area (Å²) in [5.74, 6) is -6.66. The lowest BCUT2D eigenvalue weighted by Gasteiger charge is -2.17. The molecule has 1 nitrogen and oxygen atoms in total. The summed E-state index contributed by atoms with van der Waals surface area (Å²) in [6.45, 7) is 0. The van der Waals surface area contributed by atoms with Crippen LogP contribution in [0.3, 0.4) is 0 Å². The van der Waals surface area contributed by atoms with Crippen LogP contribution in [0.2, 0.25) is 0 Å². The van der Waals surface area contributed by atoms with Crippen LogP contribution in [0.25, 0.3) is 0 Å². The number of hydrogen-bond donors (Lipinski definition) is 0. The third-order valence-electron chi connectivity index (χ3n) is 3.28. The fraction of sp³-hybridized carbons (Fsp3) is 0.417. The Kier molecular flexibility index (Phi) is 3.10. The monoisotopic (exact) mass is 282 g/mol. The van der Waals surface area contributed by atoms with E-state index < -0.39 is 41.2 Å². The lowest BCUT2D eigenvalue weighted by molar-refractivity contribution is -0.171. The molecule has 0 atom stereocenters. The van der Waals surface area contributed by atoms with E-state index in [9.17, 15) is 31.1 Å². The van der Waals surface area contributed by atoms with Gasteiger partial charge in [0.15, 0.2) is 17.5 Å². The SMILES string of the molecule is O=C(CC1(c2ccc(F)c(F)c2F)CC1)C(F)(F)F. The summed E-state index contributed by atoms with van der Waals surface area (Å²) < 4.78 is 75.9. The molecule has 0 aromatic heterocycles. The highest BCUT2D eigenvalue weighted by Crippen LogP contribution is 2.53. The molecule has 0 radical (unpaired) electrons. The predicted octanol–water partition coefficient (Wildman–Crippen LogP) is 3.66. The number of benzene rings is 1.